The maximum Gasteiger partial charge on any atom is 0.316 e. The highest BCUT2D eigenvalue weighted by atomic mass is 19.3. The molecule has 4 rings (SSSR count). The Balaban J connectivity index is 1.72. The number of anilines is 1. The summed E-state index contributed by atoms with van der Waals surface area (Å²) in [5, 5.41) is 2.58. The van der Waals surface area contributed by atoms with E-state index in [1.165, 1.54) is 12.4 Å². The summed E-state index contributed by atoms with van der Waals surface area (Å²) < 4.78 is 66.5. The van der Waals surface area contributed by atoms with Gasteiger partial charge in [-0.2, -0.15) is 0 Å². The highest BCUT2D eigenvalue weighted by Crippen LogP contribution is 2.40. The Labute approximate surface area is 197 Å². The SMILES string of the molecule is CC(C)Oc1ncc(C(=O)Nc2c(-c3cc(F)ccc3F)ncnc2C2CCC(F)(F)CO2)cn1. The van der Waals surface area contributed by atoms with E-state index in [0.29, 0.717) is 0 Å². The topological polar surface area (TPSA) is 99.1 Å². The van der Waals surface area contributed by atoms with Crippen LogP contribution >= 0.6 is 0 Å². The molecule has 1 atom stereocenters. The largest absolute Gasteiger partial charge is 0.461 e. The third-order valence-corrected chi connectivity index (χ3v) is 5.10. The zero-order valence-corrected chi connectivity index (χ0v) is 18.8. The van der Waals surface area contributed by atoms with Gasteiger partial charge in [-0.15, -0.1) is 0 Å². The number of carbonyl (C=O) groups excluding carboxylic acids is 1. The Morgan fingerprint density at radius 1 is 1.17 bits per heavy atom. The number of hydrogen-bond donors (Lipinski definition) is 1. The second-order valence-corrected chi connectivity index (χ2v) is 8.18. The lowest BCUT2D eigenvalue weighted by atomic mass is 10.00. The van der Waals surface area contributed by atoms with Crippen LogP contribution in [0.5, 0.6) is 6.01 Å². The highest BCUT2D eigenvalue weighted by Gasteiger charge is 2.38. The number of nitrogens with zero attached hydrogens (tertiary/aromatic N) is 4. The Morgan fingerprint density at radius 3 is 2.57 bits per heavy atom. The molecule has 1 aliphatic heterocycles. The van der Waals surface area contributed by atoms with Crippen LogP contribution in [0.3, 0.4) is 0 Å². The number of ether oxygens (including phenoxy) is 2. The lowest BCUT2D eigenvalue weighted by Crippen LogP contribution is -2.32. The van der Waals surface area contributed by atoms with Gasteiger partial charge < -0.3 is 14.8 Å². The first-order valence-corrected chi connectivity index (χ1v) is 10.7. The van der Waals surface area contributed by atoms with Crippen molar-refractivity contribution in [3.8, 4) is 17.3 Å². The van der Waals surface area contributed by atoms with Crippen LogP contribution in [0.4, 0.5) is 23.2 Å². The lowest BCUT2D eigenvalue weighted by Gasteiger charge is -2.29. The zero-order chi connectivity index (χ0) is 25.2. The molecule has 0 radical (unpaired) electrons. The highest BCUT2D eigenvalue weighted by molar-refractivity contribution is 6.06. The van der Waals surface area contributed by atoms with E-state index in [4.69, 9.17) is 9.47 Å². The molecule has 1 amide bonds. The molecule has 8 nitrogen and oxygen atoms in total. The van der Waals surface area contributed by atoms with Gasteiger partial charge in [-0.1, -0.05) is 0 Å². The normalized spacial score (nSPS) is 17.3. The van der Waals surface area contributed by atoms with E-state index >= 15 is 0 Å². The number of rotatable bonds is 6. The summed E-state index contributed by atoms with van der Waals surface area (Å²) in [4.78, 5) is 29.1. The first kappa shape index (κ1) is 24.5. The van der Waals surface area contributed by atoms with Gasteiger partial charge in [-0.25, -0.2) is 37.5 Å². The summed E-state index contributed by atoms with van der Waals surface area (Å²) in [6, 6.07) is 2.83. The van der Waals surface area contributed by atoms with Crippen molar-refractivity contribution in [2.45, 2.75) is 44.8 Å². The molecule has 3 aromatic rings. The minimum Gasteiger partial charge on any atom is -0.461 e. The summed E-state index contributed by atoms with van der Waals surface area (Å²) in [5.74, 6) is -5.25. The van der Waals surface area contributed by atoms with E-state index in [-0.39, 0.29) is 46.7 Å². The molecule has 184 valence electrons. The van der Waals surface area contributed by atoms with Crippen LogP contribution in [0.2, 0.25) is 0 Å². The summed E-state index contributed by atoms with van der Waals surface area (Å²) in [6.07, 6.45) is 1.84. The average Bonchev–Trinajstić information content (AvgIpc) is 2.81. The van der Waals surface area contributed by atoms with Crippen molar-refractivity contribution in [3.63, 3.8) is 0 Å². The molecule has 0 bridgehead atoms. The van der Waals surface area contributed by atoms with Gasteiger partial charge in [-0.05, 0) is 38.5 Å². The van der Waals surface area contributed by atoms with E-state index in [1.807, 2.05) is 0 Å². The van der Waals surface area contributed by atoms with Crippen molar-refractivity contribution < 1.29 is 31.8 Å². The predicted molar refractivity (Wildman–Crippen MR) is 116 cm³/mol. The average molecular weight is 491 g/mol. The summed E-state index contributed by atoms with van der Waals surface area (Å²) in [7, 11) is 0. The maximum atomic E-state index is 14.6. The number of hydrogen-bond acceptors (Lipinski definition) is 7. The van der Waals surface area contributed by atoms with Crippen molar-refractivity contribution in [3.05, 3.63) is 59.8 Å². The second-order valence-electron chi connectivity index (χ2n) is 8.18. The molecular formula is C23H21F4N5O3. The van der Waals surface area contributed by atoms with E-state index in [9.17, 15) is 22.4 Å². The molecular weight excluding hydrogens is 470 g/mol. The number of halogens is 4. The minimum atomic E-state index is -3.00. The fourth-order valence-electron chi connectivity index (χ4n) is 3.48. The Hall–Kier alpha value is -3.67. The van der Waals surface area contributed by atoms with Crippen LogP contribution in [-0.4, -0.2) is 44.5 Å². The molecule has 1 saturated heterocycles. The van der Waals surface area contributed by atoms with Crippen LogP contribution in [0.25, 0.3) is 11.3 Å². The van der Waals surface area contributed by atoms with Crippen molar-refractivity contribution in [1.82, 2.24) is 19.9 Å². The summed E-state index contributed by atoms with van der Waals surface area (Å²) in [5.41, 5.74) is -0.399. The van der Waals surface area contributed by atoms with Crippen LogP contribution in [-0.2, 0) is 4.74 Å². The Morgan fingerprint density at radius 2 is 1.91 bits per heavy atom. The molecule has 12 heteroatoms. The summed E-state index contributed by atoms with van der Waals surface area (Å²) in [6.45, 7) is 2.73. The monoisotopic (exact) mass is 491 g/mol. The third kappa shape index (κ3) is 5.70. The smallest absolute Gasteiger partial charge is 0.316 e. The first-order chi connectivity index (χ1) is 16.6. The van der Waals surface area contributed by atoms with Gasteiger partial charge in [0.25, 0.3) is 11.8 Å². The second kappa shape index (κ2) is 9.90. The van der Waals surface area contributed by atoms with Gasteiger partial charge in [0.15, 0.2) is 0 Å². The van der Waals surface area contributed by atoms with Crippen molar-refractivity contribution in [2.75, 3.05) is 11.9 Å². The number of carbonyl (C=O) groups is 1. The van der Waals surface area contributed by atoms with Crippen molar-refractivity contribution in [1.29, 1.82) is 0 Å². The van der Waals surface area contributed by atoms with Gasteiger partial charge in [0.2, 0.25) is 0 Å². The van der Waals surface area contributed by atoms with Gasteiger partial charge in [0.05, 0.1) is 23.0 Å². The zero-order valence-electron chi connectivity index (χ0n) is 18.8. The molecule has 2 aromatic heterocycles. The Kier molecular flexibility index (Phi) is 6.92. The van der Waals surface area contributed by atoms with Crippen molar-refractivity contribution >= 4 is 11.6 Å². The summed E-state index contributed by atoms with van der Waals surface area (Å²) >= 11 is 0. The van der Waals surface area contributed by atoms with Gasteiger partial charge in [-0.3, -0.25) is 4.79 Å². The quantitative estimate of drug-likeness (QED) is 0.498. The van der Waals surface area contributed by atoms with Crippen LogP contribution < -0.4 is 10.1 Å². The molecule has 1 unspecified atom stereocenters. The molecule has 1 N–H and O–H groups in total. The molecule has 0 saturated carbocycles. The number of nitrogens with one attached hydrogen (secondary N) is 1. The van der Waals surface area contributed by atoms with E-state index in [2.05, 4.69) is 25.3 Å². The third-order valence-electron chi connectivity index (χ3n) is 5.10. The fourth-order valence-corrected chi connectivity index (χ4v) is 3.48. The predicted octanol–water partition coefficient (Wildman–Crippen LogP) is 4.74. The fraction of sp³-hybridized carbons (Fsp3) is 0.348. The van der Waals surface area contributed by atoms with Crippen LogP contribution in [0, 0.1) is 11.6 Å². The van der Waals surface area contributed by atoms with Gasteiger partial charge in [0, 0.05) is 24.4 Å². The number of alkyl halides is 2. The molecule has 0 aliphatic carbocycles. The number of amides is 1. The molecule has 1 aliphatic rings. The van der Waals surface area contributed by atoms with E-state index < -0.39 is 42.6 Å². The van der Waals surface area contributed by atoms with Crippen LogP contribution in [0.1, 0.15) is 48.8 Å². The standard InChI is InChI=1S/C23H21F4N5O3/c1-12(2)35-22-28-8-13(9-29-22)21(33)32-20-18(15-7-14(24)3-4-16(15)25)30-11-31-19(20)17-5-6-23(26,27)10-34-17/h3-4,7-9,11-12,17H,5-6,10H2,1-2H3,(H,32,33). The first-order valence-electron chi connectivity index (χ1n) is 10.7. The minimum absolute atomic E-state index is 0.0256. The van der Waals surface area contributed by atoms with Crippen LogP contribution in [0.15, 0.2) is 36.9 Å². The van der Waals surface area contributed by atoms with Crippen molar-refractivity contribution in [2.24, 2.45) is 0 Å². The Bertz CT molecular complexity index is 1210. The van der Waals surface area contributed by atoms with E-state index in [1.54, 1.807) is 13.8 Å². The molecule has 1 fully saturated rings. The molecule has 1 aromatic carbocycles. The number of aromatic nitrogens is 4. The molecule has 0 spiro atoms. The lowest BCUT2D eigenvalue weighted by molar-refractivity contribution is -0.146. The number of benzene rings is 1. The maximum absolute atomic E-state index is 14.6. The van der Waals surface area contributed by atoms with Gasteiger partial charge in [0.1, 0.15) is 36.4 Å². The van der Waals surface area contributed by atoms with Gasteiger partial charge >= 0.3 is 6.01 Å². The molecule has 35 heavy (non-hydrogen) atoms. The van der Waals surface area contributed by atoms with E-state index in [0.717, 1.165) is 24.5 Å². The molecule has 3 heterocycles.